The number of nitrogens with two attached hydrogens (primary N) is 2. The number of hydrogen-bond acceptors (Lipinski definition) is 7. The number of carbonyl (C=O) groups is 1. The first kappa shape index (κ1) is 19.4. The third-order valence-corrected chi connectivity index (χ3v) is 3.31. The van der Waals surface area contributed by atoms with Crippen LogP contribution in [-0.4, -0.2) is 32.6 Å². The Morgan fingerprint density at radius 2 is 2.00 bits per heavy atom. The molecule has 0 amide bonds. The van der Waals surface area contributed by atoms with Crippen LogP contribution in [0.4, 0.5) is 0 Å². The molecule has 0 heterocycles. The average molecular weight is 354 g/mol. The topological polar surface area (TPSA) is 173 Å². The number of benzene rings is 1. The molecular formula is C13H18N6O4S. The Morgan fingerprint density at radius 1 is 1.33 bits per heavy atom. The second-order valence-corrected chi connectivity index (χ2v) is 5.37. The van der Waals surface area contributed by atoms with Gasteiger partial charge in [-0.15, -0.1) is 4.99 Å². The summed E-state index contributed by atoms with van der Waals surface area (Å²) < 4.78 is 28.8. The van der Waals surface area contributed by atoms with Crippen LogP contribution in [0.25, 0.3) is 0 Å². The molecule has 0 aliphatic heterocycles. The number of nitrogens with one attached hydrogen (secondary N) is 2. The minimum atomic E-state index is -2.93. The third kappa shape index (κ3) is 7.54. The normalized spacial score (nSPS) is 13.8. The highest BCUT2D eigenvalue weighted by molar-refractivity contribution is 7.70. The second-order valence-electron chi connectivity index (χ2n) is 4.60. The van der Waals surface area contributed by atoms with Crippen LogP contribution >= 0.6 is 0 Å². The molecule has 1 rings (SSSR count). The van der Waals surface area contributed by atoms with Crippen molar-refractivity contribution in [3.8, 4) is 11.9 Å². The predicted molar refractivity (Wildman–Crippen MR) is 86.9 cm³/mol. The monoisotopic (exact) mass is 354 g/mol. The standard InChI is InChI=1S/C13H18N6O4S/c14-8-17-13(16)18-11(19-24(21)22)7-6-10(15)12(20)23-9-4-2-1-3-5-9/h1-5,10-11,24H,6-7,15H2,(H3,16,17,18)(H,19,21,22). The Morgan fingerprint density at radius 3 is 2.58 bits per heavy atom. The number of aliphatic imine (C=N–C) groups is 1. The number of nitriles is 1. The number of para-hydroxylation sites is 1. The Hall–Kier alpha value is -2.68. The molecule has 6 N–H and O–H groups in total. The Bertz CT molecular complexity index is 677. The minimum absolute atomic E-state index is 0.110. The van der Waals surface area contributed by atoms with E-state index in [1.807, 2.05) is 0 Å². The summed E-state index contributed by atoms with van der Waals surface area (Å²) in [5, 5.41) is 10.9. The van der Waals surface area contributed by atoms with E-state index < -0.39 is 29.1 Å². The smallest absolute Gasteiger partial charge is 0.328 e. The molecule has 0 saturated heterocycles. The van der Waals surface area contributed by atoms with Gasteiger partial charge in [0.15, 0.2) is 0 Å². The summed E-state index contributed by atoms with van der Waals surface area (Å²) in [7, 11) is -2.93. The maximum atomic E-state index is 11.9. The quantitative estimate of drug-likeness (QED) is 0.0715. The first-order valence-electron chi connectivity index (χ1n) is 6.84. The van der Waals surface area contributed by atoms with Gasteiger partial charge in [0.25, 0.3) is 0 Å². The van der Waals surface area contributed by atoms with Crippen LogP contribution in [0.5, 0.6) is 5.75 Å². The number of esters is 1. The van der Waals surface area contributed by atoms with Crippen LogP contribution in [0.1, 0.15) is 12.8 Å². The zero-order valence-electron chi connectivity index (χ0n) is 12.6. The van der Waals surface area contributed by atoms with Crippen LogP contribution in [0, 0.1) is 11.5 Å². The van der Waals surface area contributed by atoms with Gasteiger partial charge in [0.05, 0.1) is 6.17 Å². The molecule has 10 nitrogen and oxygen atoms in total. The first-order valence-corrected chi connectivity index (χ1v) is 8.01. The lowest BCUT2D eigenvalue weighted by Gasteiger charge is -2.19. The molecule has 0 saturated carbocycles. The molecule has 0 aliphatic carbocycles. The molecule has 24 heavy (non-hydrogen) atoms. The van der Waals surface area contributed by atoms with E-state index in [4.69, 9.17) is 21.5 Å². The van der Waals surface area contributed by atoms with Gasteiger partial charge in [-0.3, -0.25) is 0 Å². The summed E-state index contributed by atoms with van der Waals surface area (Å²) in [6.45, 7) is 0. The first-order chi connectivity index (χ1) is 11.4. The van der Waals surface area contributed by atoms with Gasteiger partial charge >= 0.3 is 5.97 Å². The SMILES string of the molecule is N#CN=C(N)NC(CCC(N)C(=O)Oc1ccccc1)N[SH](=O)=O. The molecule has 0 bridgehead atoms. The van der Waals surface area contributed by atoms with Crippen molar-refractivity contribution in [2.45, 2.75) is 25.0 Å². The van der Waals surface area contributed by atoms with Gasteiger partial charge in [0, 0.05) is 0 Å². The van der Waals surface area contributed by atoms with Gasteiger partial charge in [0.2, 0.25) is 23.0 Å². The predicted octanol–water partition coefficient (Wildman–Crippen LogP) is -1.47. The zero-order valence-corrected chi connectivity index (χ0v) is 13.5. The Labute approximate surface area is 140 Å². The van der Waals surface area contributed by atoms with Gasteiger partial charge < -0.3 is 21.5 Å². The molecule has 0 spiro atoms. The highest BCUT2D eigenvalue weighted by Crippen LogP contribution is 2.10. The van der Waals surface area contributed by atoms with Gasteiger partial charge in [-0.25, -0.2) is 13.2 Å². The molecule has 2 atom stereocenters. The van der Waals surface area contributed by atoms with E-state index in [2.05, 4.69) is 15.0 Å². The summed E-state index contributed by atoms with van der Waals surface area (Å²) in [4.78, 5) is 15.1. The van der Waals surface area contributed by atoms with E-state index in [-0.39, 0.29) is 18.8 Å². The largest absolute Gasteiger partial charge is 0.425 e. The molecule has 0 aromatic heterocycles. The van der Waals surface area contributed by atoms with Crippen LogP contribution in [-0.2, 0) is 15.7 Å². The highest BCUT2D eigenvalue weighted by atomic mass is 32.2. The average Bonchev–Trinajstić information content (AvgIpc) is 2.52. The van der Waals surface area contributed by atoms with Crippen molar-refractivity contribution in [1.82, 2.24) is 10.0 Å². The molecule has 11 heteroatoms. The van der Waals surface area contributed by atoms with Crippen LogP contribution in [0.2, 0.25) is 0 Å². The van der Waals surface area contributed by atoms with Crippen LogP contribution in [0.15, 0.2) is 35.3 Å². The lowest BCUT2D eigenvalue weighted by Crippen LogP contribution is -2.48. The fourth-order valence-corrected chi connectivity index (χ4v) is 2.15. The number of ether oxygens (including phenoxy) is 1. The number of nitrogens with zero attached hydrogens (tertiary/aromatic N) is 2. The van der Waals surface area contributed by atoms with E-state index in [9.17, 15) is 13.2 Å². The Kier molecular flexibility index (Phi) is 8.20. The number of hydrogen-bond donors (Lipinski definition) is 5. The summed E-state index contributed by atoms with van der Waals surface area (Å²) in [6, 6.07) is 7.45. The van der Waals surface area contributed by atoms with Crippen molar-refractivity contribution >= 4 is 22.8 Å². The van der Waals surface area contributed by atoms with E-state index in [0.29, 0.717) is 5.75 Å². The third-order valence-electron chi connectivity index (χ3n) is 2.78. The summed E-state index contributed by atoms with van der Waals surface area (Å²) >= 11 is 0. The van der Waals surface area contributed by atoms with E-state index in [0.717, 1.165) is 0 Å². The number of guanidine groups is 1. The van der Waals surface area contributed by atoms with E-state index >= 15 is 0 Å². The molecule has 130 valence electrons. The molecule has 2 unspecified atom stereocenters. The van der Waals surface area contributed by atoms with Crippen molar-refractivity contribution in [2.24, 2.45) is 16.5 Å². The summed E-state index contributed by atoms with van der Waals surface area (Å²) in [5.74, 6) is -0.545. The van der Waals surface area contributed by atoms with Crippen molar-refractivity contribution in [1.29, 1.82) is 5.26 Å². The molecule has 1 aromatic rings. The fourth-order valence-electron chi connectivity index (χ4n) is 1.71. The maximum absolute atomic E-state index is 11.9. The molecule has 0 fully saturated rings. The summed E-state index contributed by atoms with van der Waals surface area (Å²) in [6.07, 6.45) is 0.829. The van der Waals surface area contributed by atoms with Crippen molar-refractivity contribution in [3.05, 3.63) is 30.3 Å². The number of thiol groups is 1. The fraction of sp³-hybridized carbons (Fsp3) is 0.308. The van der Waals surface area contributed by atoms with E-state index in [1.165, 1.54) is 6.19 Å². The van der Waals surface area contributed by atoms with Gasteiger partial charge in [-0.2, -0.15) is 9.98 Å². The zero-order chi connectivity index (χ0) is 17.9. The van der Waals surface area contributed by atoms with Gasteiger partial charge in [-0.1, -0.05) is 18.2 Å². The van der Waals surface area contributed by atoms with Gasteiger partial charge in [0.1, 0.15) is 11.8 Å². The molecular weight excluding hydrogens is 336 g/mol. The molecule has 1 aromatic carbocycles. The molecule has 0 aliphatic rings. The molecule has 0 radical (unpaired) electrons. The lowest BCUT2D eigenvalue weighted by atomic mass is 10.1. The van der Waals surface area contributed by atoms with Crippen molar-refractivity contribution in [3.63, 3.8) is 0 Å². The van der Waals surface area contributed by atoms with Crippen LogP contribution < -0.4 is 26.2 Å². The second kappa shape index (κ2) is 10.2. The van der Waals surface area contributed by atoms with Crippen LogP contribution in [0.3, 0.4) is 0 Å². The van der Waals surface area contributed by atoms with Gasteiger partial charge in [-0.05, 0) is 25.0 Å². The minimum Gasteiger partial charge on any atom is -0.425 e. The lowest BCUT2D eigenvalue weighted by molar-refractivity contribution is -0.136. The van der Waals surface area contributed by atoms with Crippen molar-refractivity contribution in [2.75, 3.05) is 0 Å². The number of carbonyl (C=O) groups excluding carboxylic acids is 1. The number of rotatable bonds is 8. The van der Waals surface area contributed by atoms with Crippen molar-refractivity contribution < 1.29 is 17.9 Å². The summed E-state index contributed by atoms with van der Waals surface area (Å²) in [5.41, 5.74) is 11.1. The van der Waals surface area contributed by atoms with E-state index in [1.54, 1.807) is 30.3 Å². The Balaban J connectivity index is 2.56. The maximum Gasteiger partial charge on any atom is 0.328 e. The highest BCUT2D eigenvalue weighted by Gasteiger charge is 2.19.